The molecule has 2 aliphatic carbocycles. The van der Waals surface area contributed by atoms with Crippen LogP contribution in [-0.2, 0) is 4.74 Å². The summed E-state index contributed by atoms with van der Waals surface area (Å²) in [4.78, 5) is 22.7. The maximum Gasteiger partial charge on any atom is 0.276 e. The second-order valence-corrected chi connectivity index (χ2v) is 6.70. The molecule has 2 N–H and O–H groups in total. The zero-order chi connectivity index (χ0) is 16.4. The van der Waals surface area contributed by atoms with Crippen LogP contribution in [0, 0.1) is 5.41 Å². The Labute approximate surface area is 137 Å². The monoisotopic (exact) mass is 318 g/mol. The zero-order valence-electron chi connectivity index (χ0n) is 14.0. The number of rotatable bonds is 4. The summed E-state index contributed by atoms with van der Waals surface area (Å²) in [7, 11) is 1.86. The van der Waals surface area contributed by atoms with Crippen molar-refractivity contribution >= 4 is 11.7 Å². The number of anilines is 1. The van der Waals surface area contributed by atoms with E-state index in [2.05, 4.69) is 9.97 Å². The van der Waals surface area contributed by atoms with Crippen molar-refractivity contribution in [3.05, 3.63) is 18.1 Å². The van der Waals surface area contributed by atoms with Crippen molar-refractivity contribution in [1.29, 1.82) is 0 Å². The lowest BCUT2D eigenvalue weighted by Crippen LogP contribution is -2.65. The second-order valence-electron chi connectivity index (χ2n) is 6.70. The lowest BCUT2D eigenvalue weighted by Gasteiger charge is -2.60. The summed E-state index contributed by atoms with van der Waals surface area (Å²) in [5, 5.41) is 0. The van der Waals surface area contributed by atoms with Gasteiger partial charge < -0.3 is 15.4 Å². The van der Waals surface area contributed by atoms with Crippen LogP contribution in [0.15, 0.2) is 12.4 Å². The first kappa shape index (κ1) is 16.2. The molecule has 6 nitrogen and oxygen atoms in total. The predicted octanol–water partition coefficient (Wildman–Crippen LogP) is 2.26. The largest absolute Gasteiger partial charge is 0.382 e. The highest BCUT2D eigenvalue weighted by Gasteiger charge is 2.58. The van der Waals surface area contributed by atoms with E-state index < -0.39 is 0 Å². The van der Waals surface area contributed by atoms with Gasteiger partial charge in [0.25, 0.3) is 5.91 Å². The fourth-order valence-electron chi connectivity index (χ4n) is 4.39. The first-order valence-corrected chi connectivity index (χ1v) is 8.55. The van der Waals surface area contributed by atoms with Gasteiger partial charge in [-0.1, -0.05) is 19.3 Å². The Bertz CT molecular complexity index is 571. The van der Waals surface area contributed by atoms with Crippen molar-refractivity contribution in [2.75, 3.05) is 19.4 Å². The van der Waals surface area contributed by atoms with Crippen molar-refractivity contribution in [2.45, 2.75) is 57.6 Å². The van der Waals surface area contributed by atoms with E-state index in [1.807, 2.05) is 18.9 Å². The summed E-state index contributed by atoms with van der Waals surface area (Å²) in [5.41, 5.74) is 6.18. The van der Waals surface area contributed by atoms with E-state index in [0.29, 0.717) is 0 Å². The molecular weight excluding hydrogens is 292 g/mol. The van der Waals surface area contributed by atoms with Crippen molar-refractivity contribution in [3.63, 3.8) is 0 Å². The molecular formula is C17H26N4O2. The molecule has 3 rings (SSSR count). The van der Waals surface area contributed by atoms with Crippen LogP contribution in [0.5, 0.6) is 0 Å². The molecule has 23 heavy (non-hydrogen) atoms. The van der Waals surface area contributed by atoms with E-state index in [-0.39, 0.29) is 35.0 Å². The van der Waals surface area contributed by atoms with Crippen LogP contribution in [0.3, 0.4) is 0 Å². The number of nitrogens with two attached hydrogens (primary N) is 1. The Morgan fingerprint density at radius 1 is 1.35 bits per heavy atom. The number of carbonyl (C=O) groups is 1. The molecule has 1 spiro atoms. The van der Waals surface area contributed by atoms with Crippen molar-refractivity contribution < 1.29 is 9.53 Å². The van der Waals surface area contributed by atoms with Gasteiger partial charge >= 0.3 is 0 Å². The quantitative estimate of drug-likeness (QED) is 0.921. The second kappa shape index (κ2) is 6.43. The molecule has 2 fully saturated rings. The lowest BCUT2D eigenvalue weighted by atomic mass is 9.54. The highest BCUT2D eigenvalue weighted by molar-refractivity contribution is 5.96. The molecule has 1 aromatic rings. The van der Waals surface area contributed by atoms with Crippen LogP contribution < -0.4 is 5.73 Å². The van der Waals surface area contributed by atoms with Gasteiger partial charge in [-0.3, -0.25) is 4.79 Å². The van der Waals surface area contributed by atoms with Crippen LogP contribution in [0.4, 0.5) is 5.82 Å². The minimum atomic E-state index is -0.138. The fraction of sp³-hybridized carbons (Fsp3) is 0.706. The third-order valence-corrected chi connectivity index (χ3v) is 5.61. The van der Waals surface area contributed by atoms with E-state index in [9.17, 15) is 4.79 Å². The van der Waals surface area contributed by atoms with E-state index in [4.69, 9.17) is 10.5 Å². The van der Waals surface area contributed by atoms with E-state index in [0.717, 1.165) is 25.9 Å². The van der Waals surface area contributed by atoms with Gasteiger partial charge in [-0.25, -0.2) is 9.97 Å². The highest BCUT2D eigenvalue weighted by atomic mass is 16.5. The highest BCUT2D eigenvalue weighted by Crippen LogP contribution is 2.55. The Hall–Kier alpha value is -1.69. The summed E-state index contributed by atoms with van der Waals surface area (Å²) < 4.78 is 5.97. The number of nitrogens with zero attached hydrogens (tertiary/aromatic N) is 3. The van der Waals surface area contributed by atoms with Crippen LogP contribution in [0.1, 0.15) is 55.9 Å². The molecule has 0 saturated heterocycles. The van der Waals surface area contributed by atoms with Gasteiger partial charge in [-0.2, -0.15) is 0 Å². The average Bonchev–Trinajstić information content (AvgIpc) is 2.58. The van der Waals surface area contributed by atoms with Gasteiger partial charge in [-0.15, -0.1) is 0 Å². The minimum absolute atomic E-state index is 0.107. The molecule has 2 atom stereocenters. The van der Waals surface area contributed by atoms with Gasteiger partial charge in [0.15, 0.2) is 11.5 Å². The third-order valence-electron chi connectivity index (χ3n) is 5.61. The van der Waals surface area contributed by atoms with Gasteiger partial charge in [0, 0.05) is 37.5 Å². The number of carbonyl (C=O) groups excluding carboxylic acids is 1. The van der Waals surface area contributed by atoms with Crippen LogP contribution in [0.2, 0.25) is 0 Å². The number of hydrogen-bond donors (Lipinski definition) is 1. The lowest BCUT2D eigenvalue weighted by molar-refractivity contribution is -0.170. The number of ether oxygens (including phenoxy) is 1. The summed E-state index contributed by atoms with van der Waals surface area (Å²) in [5.74, 6) is 0.0585. The summed E-state index contributed by atoms with van der Waals surface area (Å²) >= 11 is 0. The smallest absolute Gasteiger partial charge is 0.276 e. The van der Waals surface area contributed by atoms with Crippen molar-refractivity contribution in [2.24, 2.45) is 5.41 Å². The number of amides is 1. The molecule has 6 heteroatoms. The van der Waals surface area contributed by atoms with Gasteiger partial charge in [0.1, 0.15) is 0 Å². The topological polar surface area (TPSA) is 81.3 Å². The maximum absolute atomic E-state index is 12.8. The molecule has 2 aliphatic rings. The molecule has 0 aliphatic heterocycles. The molecule has 1 heterocycles. The summed E-state index contributed by atoms with van der Waals surface area (Å²) in [6.45, 7) is 2.77. The third kappa shape index (κ3) is 2.69. The molecule has 0 unspecified atom stereocenters. The summed E-state index contributed by atoms with van der Waals surface area (Å²) in [6.07, 6.45) is 10.2. The van der Waals surface area contributed by atoms with Crippen molar-refractivity contribution in [3.8, 4) is 0 Å². The SMILES string of the molecule is CCO[C@H]1C[C@H](N(C)C(=O)c2nccnc2N)C12CCCCC2. The Morgan fingerprint density at radius 3 is 2.70 bits per heavy atom. The molecule has 0 bridgehead atoms. The van der Waals surface area contributed by atoms with E-state index >= 15 is 0 Å². The first-order valence-electron chi connectivity index (χ1n) is 8.55. The minimum Gasteiger partial charge on any atom is -0.382 e. The van der Waals surface area contributed by atoms with E-state index in [1.54, 1.807) is 0 Å². The maximum atomic E-state index is 12.8. The van der Waals surface area contributed by atoms with Crippen molar-refractivity contribution in [1.82, 2.24) is 14.9 Å². The Kier molecular flexibility index (Phi) is 4.53. The standard InChI is InChI=1S/C17H26N4O2/c1-3-23-13-11-12(17(13)7-5-4-6-8-17)21(2)16(22)14-15(18)20-10-9-19-14/h9-10,12-13H,3-8,11H2,1-2H3,(H2,18,20)/t12-,13-/m0/s1. The van der Waals surface area contributed by atoms with Crippen LogP contribution >= 0.6 is 0 Å². The van der Waals surface area contributed by atoms with Gasteiger partial charge in [0.05, 0.1) is 6.10 Å². The molecule has 126 valence electrons. The Morgan fingerprint density at radius 2 is 2.04 bits per heavy atom. The van der Waals surface area contributed by atoms with Gasteiger partial charge in [-0.05, 0) is 26.2 Å². The molecule has 1 aromatic heterocycles. The molecule has 0 aromatic carbocycles. The number of nitrogen functional groups attached to an aromatic ring is 1. The van der Waals surface area contributed by atoms with Gasteiger partial charge in [0.2, 0.25) is 0 Å². The normalized spacial score (nSPS) is 25.8. The first-order chi connectivity index (χ1) is 11.1. The molecule has 1 amide bonds. The fourth-order valence-corrected chi connectivity index (χ4v) is 4.39. The summed E-state index contributed by atoms with van der Waals surface area (Å²) in [6, 6.07) is 0.202. The zero-order valence-corrected chi connectivity index (χ0v) is 14.0. The van der Waals surface area contributed by atoms with Crippen LogP contribution in [-0.4, -0.2) is 46.6 Å². The predicted molar refractivity (Wildman–Crippen MR) is 87.9 cm³/mol. The number of aromatic nitrogens is 2. The van der Waals surface area contributed by atoms with Crippen LogP contribution in [0.25, 0.3) is 0 Å². The molecule has 0 radical (unpaired) electrons. The number of hydrogen-bond acceptors (Lipinski definition) is 5. The Balaban J connectivity index is 1.80. The van der Waals surface area contributed by atoms with E-state index in [1.165, 1.54) is 31.7 Å². The molecule has 2 saturated carbocycles. The average molecular weight is 318 g/mol.